The van der Waals surface area contributed by atoms with Crippen molar-refractivity contribution in [2.24, 2.45) is 0 Å². The van der Waals surface area contributed by atoms with Crippen molar-refractivity contribution in [1.29, 1.82) is 0 Å². The van der Waals surface area contributed by atoms with Gasteiger partial charge in [0, 0.05) is 0 Å². The molecule has 1 heterocycles. The van der Waals surface area contributed by atoms with Crippen molar-refractivity contribution in [1.82, 2.24) is 0 Å². The average Bonchev–Trinajstić information content (AvgIpc) is 2.85. The maximum atomic E-state index is 2.30. The fourth-order valence-corrected chi connectivity index (χ4v) is 3.22. The first-order valence-corrected chi connectivity index (χ1v) is 8.43. The molecule has 0 aromatic heterocycles. The topological polar surface area (TPSA) is 0 Å². The van der Waals surface area contributed by atoms with Crippen LogP contribution in [0.4, 0.5) is 0 Å². The Balaban J connectivity index is 1.69. The fourth-order valence-electron chi connectivity index (χ4n) is 3.22. The predicted molar refractivity (Wildman–Crippen MR) is 81.3 cm³/mol. The van der Waals surface area contributed by atoms with Gasteiger partial charge in [-0.3, -0.25) is 0 Å². The second-order valence-electron chi connectivity index (χ2n) is 6.12. The van der Waals surface area contributed by atoms with Crippen LogP contribution in [0.3, 0.4) is 0 Å². The van der Waals surface area contributed by atoms with Gasteiger partial charge in [0.15, 0.2) is 0 Å². The molecule has 1 saturated heterocycles. The van der Waals surface area contributed by atoms with E-state index in [4.69, 9.17) is 0 Å². The van der Waals surface area contributed by atoms with E-state index in [0.717, 1.165) is 6.71 Å². The van der Waals surface area contributed by atoms with Crippen LogP contribution in [0.2, 0.25) is 19.0 Å². The Kier molecular flexibility index (Phi) is 9.94. The lowest BCUT2D eigenvalue weighted by atomic mass is 9.45. The summed E-state index contributed by atoms with van der Waals surface area (Å²) in [5.74, 6) is 0. The standard InChI is InChI=1S/C16H33B/c1-2-3-4-5-6-7-8-9-10-11-14-17-15-12-13-16-17/h2-16H2,1H3. The number of hydrogen-bond acceptors (Lipinski definition) is 0. The molecular weight excluding hydrogens is 203 g/mol. The molecule has 0 atom stereocenters. The highest BCUT2D eigenvalue weighted by Gasteiger charge is 2.17. The Morgan fingerprint density at radius 2 is 1.12 bits per heavy atom. The molecule has 17 heavy (non-hydrogen) atoms. The molecule has 1 aliphatic rings. The monoisotopic (exact) mass is 236 g/mol. The molecule has 0 aromatic rings. The highest BCUT2D eigenvalue weighted by Crippen LogP contribution is 2.24. The first-order chi connectivity index (χ1) is 8.43. The van der Waals surface area contributed by atoms with Gasteiger partial charge < -0.3 is 0 Å². The van der Waals surface area contributed by atoms with Crippen molar-refractivity contribution in [3.05, 3.63) is 0 Å². The van der Waals surface area contributed by atoms with E-state index in [1.54, 1.807) is 0 Å². The fraction of sp³-hybridized carbons (Fsp3) is 1.00. The molecule has 0 bridgehead atoms. The van der Waals surface area contributed by atoms with E-state index in [1.165, 1.54) is 96.0 Å². The lowest BCUT2D eigenvalue weighted by Crippen LogP contribution is -2.04. The summed E-state index contributed by atoms with van der Waals surface area (Å²) < 4.78 is 0. The summed E-state index contributed by atoms with van der Waals surface area (Å²) in [5, 5.41) is 0. The molecule has 1 aliphatic heterocycles. The third-order valence-electron chi connectivity index (χ3n) is 4.44. The minimum Gasteiger partial charge on any atom is -0.0742 e. The smallest absolute Gasteiger partial charge is 0.0742 e. The van der Waals surface area contributed by atoms with Crippen LogP contribution >= 0.6 is 0 Å². The first kappa shape index (κ1) is 15.1. The van der Waals surface area contributed by atoms with Crippen molar-refractivity contribution in [2.45, 2.75) is 103 Å². The Bertz CT molecular complexity index is 150. The molecule has 0 N–H and O–H groups in total. The van der Waals surface area contributed by atoms with Gasteiger partial charge in [-0.1, -0.05) is 103 Å². The summed E-state index contributed by atoms with van der Waals surface area (Å²) in [4.78, 5) is 0. The summed E-state index contributed by atoms with van der Waals surface area (Å²) in [6, 6.07) is 0. The quantitative estimate of drug-likeness (QED) is 0.296. The molecule has 1 rings (SSSR count). The van der Waals surface area contributed by atoms with E-state index in [0.29, 0.717) is 0 Å². The minimum absolute atomic E-state index is 1.11. The van der Waals surface area contributed by atoms with Crippen LogP contribution in [-0.4, -0.2) is 6.71 Å². The molecule has 0 amide bonds. The Morgan fingerprint density at radius 1 is 0.647 bits per heavy atom. The molecule has 0 aliphatic carbocycles. The summed E-state index contributed by atoms with van der Waals surface area (Å²) in [7, 11) is 0. The lowest BCUT2D eigenvalue weighted by molar-refractivity contribution is 0.562. The van der Waals surface area contributed by atoms with Gasteiger partial charge in [0.25, 0.3) is 0 Å². The zero-order valence-corrected chi connectivity index (χ0v) is 12.2. The SMILES string of the molecule is CCCCCCCCCCCCB1CCCC1. The van der Waals surface area contributed by atoms with Crippen LogP contribution in [-0.2, 0) is 0 Å². The Labute approximate surface area is 110 Å². The second-order valence-corrected chi connectivity index (χ2v) is 6.12. The van der Waals surface area contributed by atoms with E-state index in [1.807, 2.05) is 0 Å². The van der Waals surface area contributed by atoms with E-state index < -0.39 is 0 Å². The van der Waals surface area contributed by atoms with E-state index in [-0.39, 0.29) is 0 Å². The van der Waals surface area contributed by atoms with E-state index in [9.17, 15) is 0 Å². The van der Waals surface area contributed by atoms with Gasteiger partial charge in [-0.25, -0.2) is 0 Å². The molecule has 0 radical (unpaired) electrons. The summed E-state index contributed by atoms with van der Waals surface area (Å²) in [6.07, 6.45) is 22.4. The third kappa shape index (κ3) is 8.74. The average molecular weight is 236 g/mol. The summed E-state index contributed by atoms with van der Waals surface area (Å²) in [5.41, 5.74) is 0. The molecule has 0 saturated carbocycles. The maximum absolute atomic E-state index is 2.30. The summed E-state index contributed by atoms with van der Waals surface area (Å²) >= 11 is 0. The van der Waals surface area contributed by atoms with Gasteiger partial charge in [-0.05, 0) is 0 Å². The molecule has 0 aromatic carbocycles. The van der Waals surface area contributed by atoms with Crippen LogP contribution in [0.25, 0.3) is 0 Å². The zero-order valence-electron chi connectivity index (χ0n) is 12.2. The molecule has 1 heteroatoms. The molecule has 1 fully saturated rings. The van der Waals surface area contributed by atoms with Crippen molar-refractivity contribution in [2.75, 3.05) is 0 Å². The van der Waals surface area contributed by atoms with Crippen LogP contribution < -0.4 is 0 Å². The number of rotatable bonds is 11. The van der Waals surface area contributed by atoms with Gasteiger partial charge in [0.1, 0.15) is 6.71 Å². The normalized spacial score (nSPS) is 15.7. The van der Waals surface area contributed by atoms with Crippen LogP contribution in [0.5, 0.6) is 0 Å². The highest BCUT2D eigenvalue weighted by molar-refractivity contribution is 6.59. The maximum Gasteiger partial charge on any atom is 0.139 e. The van der Waals surface area contributed by atoms with Crippen LogP contribution in [0, 0.1) is 0 Å². The second kappa shape index (κ2) is 11.2. The largest absolute Gasteiger partial charge is 0.139 e. The van der Waals surface area contributed by atoms with E-state index >= 15 is 0 Å². The first-order valence-electron chi connectivity index (χ1n) is 8.43. The molecule has 0 unspecified atom stereocenters. The van der Waals surface area contributed by atoms with Crippen molar-refractivity contribution in [3.63, 3.8) is 0 Å². The number of unbranched alkanes of at least 4 members (excludes halogenated alkanes) is 9. The summed E-state index contributed by atoms with van der Waals surface area (Å²) in [6.45, 7) is 3.41. The Morgan fingerprint density at radius 3 is 1.65 bits per heavy atom. The van der Waals surface area contributed by atoms with Gasteiger partial charge in [0.05, 0.1) is 0 Å². The van der Waals surface area contributed by atoms with Crippen LogP contribution in [0.15, 0.2) is 0 Å². The van der Waals surface area contributed by atoms with Gasteiger partial charge in [-0.2, -0.15) is 0 Å². The van der Waals surface area contributed by atoms with E-state index in [2.05, 4.69) is 6.92 Å². The molecule has 0 spiro atoms. The molecule has 100 valence electrons. The van der Waals surface area contributed by atoms with Gasteiger partial charge in [0.2, 0.25) is 0 Å². The zero-order chi connectivity index (χ0) is 12.2. The van der Waals surface area contributed by atoms with Crippen molar-refractivity contribution >= 4 is 6.71 Å². The van der Waals surface area contributed by atoms with Crippen molar-refractivity contribution in [3.8, 4) is 0 Å². The van der Waals surface area contributed by atoms with Crippen LogP contribution in [0.1, 0.15) is 84.0 Å². The molecular formula is C16H33B. The molecule has 0 nitrogen and oxygen atoms in total. The highest BCUT2D eigenvalue weighted by atomic mass is 14.0. The number of hydrogen-bond donors (Lipinski definition) is 0. The lowest BCUT2D eigenvalue weighted by Gasteiger charge is -2.05. The van der Waals surface area contributed by atoms with Gasteiger partial charge >= 0.3 is 0 Å². The predicted octanol–water partition coefficient (Wildman–Crippen LogP) is 6.20. The Hall–Kier alpha value is 0.0649. The minimum atomic E-state index is 1.11. The van der Waals surface area contributed by atoms with Gasteiger partial charge in [-0.15, -0.1) is 0 Å². The van der Waals surface area contributed by atoms with Crippen molar-refractivity contribution < 1.29 is 0 Å². The third-order valence-corrected chi connectivity index (χ3v) is 4.44.